The van der Waals surface area contributed by atoms with Crippen LogP contribution >= 0.6 is 11.8 Å². The van der Waals surface area contributed by atoms with Crippen LogP contribution in [0.2, 0.25) is 0 Å². The summed E-state index contributed by atoms with van der Waals surface area (Å²) in [6.07, 6.45) is 7.45. The molecule has 0 bridgehead atoms. The molecule has 0 unspecified atom stereocenters. The van der Waals surface area contributed by atoms with Gasteiger partial charge in [-0.3, -0.25) is 4.79 Å². The molecule has 1 aliphatic heterocycles. The number of nitrogens with zero attached hydrogens (tertiary/aromatic N) is 3. The SMILES string of the molecule is O=C(CSc1ncnc2ccccc12)N(C1CCCCC1)[C@H]1CCS(=O)(=O)C1. The van der Waals surface area contributed by atoms with Gasteiger partial charge in [0.05, 0.1) is 22.8 Å². The first-order valence-electron chi connectivity index (χ1n) is 9.88. The van der Waals surface area contributed by atoms with Gasteiger partial charge >= 0.3 is 0 Å². The molecule has 0 spiro atoms. The van der Waals surface area contributed by atoms with E-state index in [0.29, 0.717) is 6.42 Å². The Morgan fingerprint density at radius 3 is 2.61 bits per heavy atom. The molecule has 2 aliphatic rings. The Hall–Kier alpha value is -1.67. The molecule has 1 amide bonds. The fourth-order valence-corrected chi connectivity index (χ4v) is 6.93. The largest absolute Gasteiger partial charge is 0.335 e. The minimum atomic E-state index is -3.03. The summed E-state index contributed by atoms with van der Waals surface area (Å²) in [6.45, 7) is 0. The van der Waals surface area contributed by atoms with Crippen molar-refractivity contribution in [1.82, 2.24) is 14.9 Å². The first-order valence-corrected chi connectivity index (χ1v) is 12.7. The predicted octanol–water partition coefficient (Wildman–Crippen LogP) is 3.07. The van der Waals surface area contributed by atoms with Gasteiger partial charge in [-0.05, 0) is 25.3 Å². The summed E-state index contributed by atoms with van der Waals surface area (Å²) in [4.78, 5) is 23.8. The molecule has 6 nitrogen and oxygen atoms in total. The lowest BCUT2D eigenvalue weighted by molar-refractivity contribution is -0.133. The molecule has 0 radical (unpaired) electrons. The van der Waals surface area contributed by atoms with E-state index in [1.54, 1.807) is 0 Å². The van der Waals surface area contributed by atoms with Gasteiger partial charge in [-0.2, -0.15) is 0 Å². The number of thioether (sulfide) groups is 1. The van der Waals surface area contributed by atoms with Gasteiger partial charge in [0, 0.05) is 17.5 Å². The Bertz CT molecular complexity index is 953. The van der Waals surface area contributed by atoms with Crippen LogP contribution in [-0.4, -0.2) is 58.5 Å². The third-order valence-corrected chi connectivity index (χ3v) is 8.44. The quantitative estimate of drug-likeness (QED) is 0.547. The number of benzene rings is 1. The number of hydrogen-bond acceptors (Lipinski definition) is 6. The lowest BCUT2D eigenvalue weighted by atomic mass is 9.93. The Balaban J connectivity index is 1.52. The number of para-hydroxylation sites is 1. The van der Waals surface area contributed by atoms with Crippen LogP contribution in [0.1, 0.15) is 38.5 Å². The molecule has 1 atom stereocenters. The van der Waals surface area contributed by atoms with E-state index in [0.717, 1.165) is 41.6 Å². The molecule has 1 aliphatic carbocycles. The number of rotatable bonds is 5. The van der Waals surface area contributed by atoms with Crippen molar-refractivity contribution in [2.24, 2.45) is 0 Å². The molecule has 1 saturated heterocycles. The average Bonchev–Trinajstić information content (AvgIpc) is 3.06. The van der Waals surface area contributed by atoms with Crippen LogP contribution in [0.5, 0.6) is 0 Å². The zero-order chi connectivity index (χ0) is 19.6. The second-order valence-corrected chi connectivity index (χ2v) is 10.8. The first kappa shape index (κ1) is 19.6. The molecular weight excluding hydrogens is 394 g/mol. The lowest BCUT2D eigenvalue weighted by Gasteiger charge is -2.38. The van der Waals surface area contributed by atoms with Crippen LogP contribution in [0, 0.1) is 0 Å². The second kappa shape index (κ2) is 8.37. The van der Waals surface area contributed by atoms with Crippen molar-refractivity contribution in [2.75, 3.05) is 17.3 Å². The van der Waals surface area contributed by atoms with E-state index in [-0.39, 0.29) is 35.2 Å². The summed E-state index contributed by atoms with van der Waals surface area (Å²) in [7, 11) is -3.03. The summed E-state index contributed by atoms with van der Waals surface area (Å²) < 4.78 is 24.0. The van der Waals surface area contributed by atoms with Gasteiger partial charge in [0.15, 0.2) is 9.84 Å². The summed E-state index contributed by atoms with van der Waals surface area (Å²) >= 11 is 1.42. The van der Waals surface area contributed by atoms with Crippen LogP contribution < -0.4 is 0 Å². The zero-order valence-corrected chi connectivity index (χ0v) is 17.4. The summed E-state index contributed by atoms with van der Waals surface area (Å²) in [5.41, 5.74) is 0.860. The van der Waals surface area contributed by atoms with Crippen LogP contribution in [0.15, 0.2) is 35.6 Å². The number of amides is 1. The maximum Gasteiger partial charge on any atom is 0.233 e. The highest BCUT2D eigenvalue weighted by Gasteiger charge is 2.38. The van der Waals surface area contributed by atoms with Gasteiger partial charge in [0.25, 0.3) is 0 Å². The van der Waals surface area contributed by atoms with Gasteiger partial charge < -0.3 is 4.90 Å². The molecule has 4 rings (SSSR count). The van der Waals surface area contributed by atoms with Crippen molar-refractivity contribution < 1.29 is 13.2 Å². The highest BCUT2D eigenvalue weighted by molar-refractivity contribution is 8.00. The number of carbonyl (C=O) groups excluding carboxylic acids is 1. The molecule has 2 aromatic rings. The maximum absolute atomic E-state index is 13.2. The number of hydrogen-bond donors (Lipinski definition) is 0. The van der Waals surface area contributed by atoms with E-state index in [2.05, 4.69) is 9.97 Å². The average molecular weight is 420 g/mol. The summed E-state index contributed by atoms with van der Waals surface area (Å²) in [6, 6.07) is 7.76. The maximum atomic E-state index is 13.2. The fourth-order valence-electron chi connectivity index (χ4n) is 4.36. The minimum absolute atomic E-state index is 0.0293. The summed E-state index contributed by atoms with van der Waals surface area (Å²) in [5.74, 6) is 0.601. The molecule has 0 N–H and O–H groups in total. The van der Waals surface area contributed by atoms with Crippen molar-refractivity contribution >= 4 is 38.4 Å². The first-order chi connectivity index (χ1) is 13.5. The Labute approximate surface area is 170 Å². The standard InChI is InChI=1S/C20H25N3O3S2/c24-19(12-27-20-17-8-4-5-9-18(17)21-14-22-20)23(15-6-2-1-3-7-15)16-10-11-28(25,26)13-16/h4-5,8-9,14-16H,1-3,6-7,10-13H2/t16-/m0/s1. The zero-order valence-electron chi connectivity index (χ0n) is 15.8. The van der Waals surface area contributed by atoms with Crippen molar-refractivity contribution in [3.8, 4) is 0 Å². The van der Waals surface area contributed by atoms with Crippen LogP contribution in [0.25, 0.3) is 10.9 Å². The van der Waals surface area contributed by atoms with Crippen LogP contribution in [0.4, 0.5) is 0 Å². The van der Waals surface area contributed by atoms with E-state index >= 15 is 0 Å². The number of sulfone groups is 1. The third-order valence-electron chi connectivity index (χ3n) is 5.70. The molecular formula is C20H25N3O3S2. The Morgan fingerprint density at radius 1 is 1.07 bits per heavy atom. The Morgan fingerprint density at radius 2 is 1.86 bits per heavy atom. The molecule has 2 fully saturated rings. The molecule has 2 heterocycles. The van der Waals surface area contributed by atoms with Crippen molar-refractivity contribution in [1.29, 1.82) is 0 Å². The Kier molecular flexibility index (Phi) is 5.87. The van der Waals surface area contributed by atoms with Crippen molar-refractivity contribution in [3.63, 3.8) is 0 Å². The third kappa shape index (κ3) is 4.33. The predicted molar refractivity (Wildman–Crippen MR) is 111 cm³/mol. The monoisotopic (exact) mass is 419 g/mol. The van der Waals surface area contributed by atoms with Crippen molar-refractivity contribution in [3.05, 3.63) is 30.6 Å². The molecule has 1 aromatic carbocycles. The molecule has 28 heavy (non-hydrogen) atoms. The van der Waals surface area contributed by atoms with Gasteiger partial charge in [0.1, 0.15) is 11.4 Å². The minimum Gasteiger partial charge on any atom is -0.335 e. The van der Waals surface area contributed by atoms with Gasteiger partial charge in [-0.15, -0.1) is 0 Å². The van der Waals surface area contributed by atoms with Crippen LogP contribution in [-0.2, 0) is 14.6 Å². The van der Waals surface area contributed by atoms with Crippen LogP contribution in [0.3, 0.4) is 0 Å². The highest BCUT2D eigenvalue weighted by atomic mass is 32.2. The molecule has 1 saturated carbocycles. The topological polar surface area (TPSA) is 80.2 Å². The van der Waals surface area contributed by atoms with E-state index in [1.807, 2.05) is 29.2 Å². The second-order valence-electron chi connectivity index (χ2n) is 7.63. The number of fused-ring (bicyclic) bond motifs is 1. The van der Waals surface area contributed by atoms with E-state index in [9.17, 15) is 13.2 Å². The van der Waals surface area contributed by atoms with Gasteiger partial charge in [0.2, 0.25) is 5.91 Å². The fraction of sp³-hybridized carbons (Fsp3) is 0.550. The number of carbonyl (C=O) groups is 1. The highest BCUT2D eigenvalue weighted by Crippen LogP contribution is 2.30. The summed E-state index contributed by atoms with van der Waals surface area (Å²) in [5, 5.41) is 1.73. The molecule has 1 aromatic heterocycles. The van der Waals surface area contributed by atoms with Gasteiger partial charge in [-0.25, -0.2) is 18.4 Å². The van der Waals surface area contributed by atoms with E-state index in [1.165, 1.54) is 24.5 Å². The normalized spacial score (nSPS) is 22.4. The van der Waals surface area contributed by atoms with Crippen molar-refractivity contribution in [2.45, 2.75) is 55.6 Å². The smallest absolute Gasteiger partial charge is 0.233 e. The van der Waals surface area contributed by atoms with E-state index in [4.69, 9.17) is 0 Å². The molecule has 150 valence electrons. The van der Waals surface area contributed by atoms with Gasteiger partial charge in [-0.1, -0.05) is 49.2 Å². The van der Waals surface area contributed by atoms with E-state index < -0.39 is 9.84 Å². The lowest BCUT2D eigenvalue weighted by Crippen LogP contribution is -2.49. The number of aromatic nitrogens is 2. The molecule has 8 heteroatoms.